The fraction of sp³-hybridized carbons (Fsp3) is 0.136. The molecule has 4 rings (SSSR count). The molecule has 0 saturated carbocycles. The van der Waals surface area contributed by atoms with Crippen molar-refractivity contribution in [1.82, 2.24) is 14.4 Å². The molecule has 0 aliphatic rings. The van der Waals surface area contributed by atoms with Crippen LogP contribution in [0.2, 0.25) is 0 Å². The Morgan fingerprint density at radius 1 is 1.14 bits per heavy atom. The van der Waals surface area contributed by atoms with E-state index in [1.165, 1.54) is 0 Å². The number of nitrogens with zero attached hydrogens (tertiary/aromatic N) is 3. The monoisotopic (exact) mass is 388 g/mol. The van der Waals surface area contributed by atoms with Crippen molar-refractivity contribution < 1.29 is 14.3 Å². The maximum absolute atomic E-state index is 12.3. The molecule has 0 spiro atoms. The van der Waals surface area contributed by atoms with Crippen LogP contribution in [0.1, 0.15) is 5.56 Å². The van der Waals surface area contributed by atoms with Gasteiger partial charge in [-0.05, 0) is 29.8 Å². The zero-order valence-corrected chi connectivity index (χ0v) is 15.9. The molecule has 0 fully saturated rings. The highest BCUT2D eigenvalue weighted by atomic mass is 16.5. The van der Waals surface area contributed by atoms with Gasteiger partial charge in [-0.2, -0.15) is 0 Å². The molecule has 2 aromatic carbocycles. The van der Waals surface area contributed by atoms with Gasteiger partial charge in [-0.25, -0.2) is 9.97 Å². The number of imidazole rings is 1. The molecular formula is C22H20N4O3. The average molecular weight is 388 g/mol. The van der Waals surface area contributed by atoms with Crippen molar-refractivity contribution in [2.75, 3.05) is 19.0 Å². The third-order valence-corrected chi connectivity index (χ3v) is 4.35. The molecule has 0 atom stereocenters. The number of methoxy groups -OCH3 is 1. The summed E-state index contributed by atoms with van der Waals surface area (Å²) in [5, 5.41) is 2.85. The Labute approximate surface area is 168 Å². The number of carbonyl (C=O) groups is 1. The first-order valence-electron chi connectivity index (χ1n) is 9.12. The lowest BCUT2D eigenvalue weighted by Crippen LogP contribution is -2.18. The van der Waals surface area contributed by atoms with E-state index >= 15 is 0 Å². The minimum atomic E-state index is -0.256. The molecule has 2 aromatic heterocycles. The van der Waals surface area contributed by atoms with E-state index in [-0.39, 0.29) is 12.5 Å². The fourth-order valence-corrected chi connectivity index (χ4v) is 2.96. The second-order valence-corrected chi connectivity index (χ2v) is 6.39. The van der Waals surface area contributed by atoms with Crippen molar-refractivity contribution in [3.63, 3.8) is 0 Å². The molecule has 1 N–H and O–H groups in total. The predicted octanol–water partition coefficient (Wildman–Crippen LogP) is 3.56. The van der Waals surface area contributed by atoms with E-state index < -0.39 is 0 Å². The van der Waals surface area contributed by atoms with Crippen molar-refractivity contribution in [3.05, 3.63) is 78.8 Å². The topological polar surface area (TPSA) is 77.8 Å². The highest BCUT2D eigenvalue weighted by Crippen LogP contribution is 2.30. The summed E-state index contributed by atoms with van der Waals surface area (Å²) in [6.07, 6.45) is 5.47. The zero-order valence-electron chi connectivity index (χ0n) is 15.9. The molecule has 29 heavy (non-hydrogen) atoms. The van der Waals surface area contributed by atoms with Gasteiger partial charge >= 0.3 is 0 Å². The first-order valence-corrected chi connectivity index (χ1v) is 9.12. The van der Waals surface area contributed by atoms with Crippen LogP contribution < -0.4 is 10.1 Å². The Hall–Kier alpha value is -3.71. The Morgan fingerprint density at radius 3 is 2.79 bits per heavy atom. The lowest BCUT2D eigenvalue weighted by Gasteiger charge is -2.12. The second kappa shape index (κ2) is 8.53. The number of ether oxygens (including phenoxy) is 2. The summed E-state index contributed by atoms with van der Waals surface area (Å²) in [7, 11) is 1.56. The molecule has 0 bridgehead atoms. The highest BCUT2D eigenvalue weighted by Gasteiger charge is 2.12. The molecule has 2 heterocycles. The van der Waals surface area contributed by atoms with E-state index in [1.807, 2.05) is 65.3 Å². The summed E-state index contributed by atoms with van der Waals surface area (Å²) in [4.78, 5) is 21.1. The van der Waals surface area contributed by atoms with Crippen molar-refractivity contribution in [2.24, 2.45) is 0 Å². The van der Waals surface area contributed by atoms with Crippen LogP contribution >= 0.6 is 0 Å². The minimum absolute atomic E-state index is 0.0550. The predicted molar refractivity (Wildman–Crippen MR) is 110 cm³/mol. The van der Waals surface area contributed by atoms with Crippen LogP contribution in [0.5, 0.6) is 5.75 Å². The lowest BCUT2D eigenvalue weighted by molar-refractivity contribution is -0.121. The molecule has 146 valence electrons. The van der Waals surface area contributed by atoms with E-state index in [4.69, 9.17) is 9.47 Å². The van der Waals surface area contributed by atoms with Gasteiger partial charge in [-0.1, -0.05) is 30.3 Å². The Morgan fingerprint density at radius 2 is 2.00 bits per heavy atom. The van der Waals surface area contributed by atoms with Crippen molar-refractivity contribution in [3.8, 4) is 17.0 Å². The van der Waals surface area contributed by atoms with E-state index in [0.29, 0.717) is 23.8 Å². The standard InChI is InChI=1S/C22H20N4O3/c1-28-20-9-8-17(19-13-26-11-5-10-23-22(26)25-19)12-18(20)24-21(27)15-29-14-16-6-3-2-4-7-16/h2-13H,14-15H2,1H3,(H,24,27). The smallest absolute Gasteiger partial charge is 0.250 e. The van der Waals surface area contributed by atoms with Crippen LogP contribution in [-0.4, -0.2) is 34.0 Å². The number of hydrogen-bond acceptors (Lipinski definition) is 5. The molecular weight excluding hydrogens is 368 g/mol. The van der Waals surface area contributed by atoms with E-state index in [9.17, 15) is 4.79 Å². The van der Waals surface area contributed by atoms with Crippen LogP contribution in [0.3, 0.4) is 0 Å². The summed E-state index contributed by atoms with van der Waals surface area (Å²) < 4.78 is 12.7. The maximum atomic E-state index is 12.3. The van der Waals surface area contributed by atoms with Gasteiger partial charge in [0.1, 0.15) is 12.4 Å². The summed E-state index contributed by atoms with van der Waals surface area (Å²) in [6, 6.07) is 17.1. The summed E-state index contributed by atoms with van der Waals surface area (Å²) in [6.45, 7) is 0.320. The number of amides is 1. The summed E-state index contributed by atoms with van der Waals surface area (Å²) in [5.74, 6) is 0.915. The molecule has 7 heteroatoms. The van der Waals surface area contributed by atoms with Crippen molar-refractivity contribution in [2.45, 2.75) is 6.61 Å². The average Bonchev–Trinajstić information content (AvgIpc) is 3.19. The number of benzene rings is 2. The summed E-state index contributed by atoms with van der Waals surface area (Å²) >= 11 is 0. The first kappa shape index (κ1) is 18.6. The molecule has 0 unspecified atom stereocenters. The molecule has 0 aliphatic heterocycles. The van der Waals surface area contributed by atoms with Crippen LogP contribution in [0.4, 0.5) is 5.69 Å². The quantitative estimate of drug-likeness (QED) is 0.524. The molecule has 4 aromatic rings. The SMILES string of the molecule is COc1ccc(-c2cn3cccnc3n2)cc1NC(=O)COCc1ccccc1. The van der Waals surface area contributed by atoms with Gasteiger partial charge in [0.05, 0.1) is 25.1 Å². The van der Waals surface area contributed by atoms with Crippen molar-refractivity contribution >= 4 is 17.4 Å². The normalized spacial score (nSPS) is 10.8. The van der Waals surface area contributed by atoms with Gasteiger partial charge in [0, 0.05) is 24.2 Å². The number of rotatable bonds is 7. The van der Waals surface area contributed by atoms with Gasteiger partial charge in [0.25, 0.3) is 0 Å². The molecule has 0 saturated heterocycles. The van der Waals surface area contributed by atoms with Gasteiger partial charge < -0.3 is 14.8 Å². The number of anilines is 1. The van der Waals surface area contributed by atoms with Gasteiger partial charge in [0.15, 0.2) is 0 Å². The Balaban J connectivity index is 1.47. The molecule has 1 amide bonds. The maximum Gasteiger partial charge on any atom is 0.250 e. The largest absolute Gasteiger partial charge is 0.495 e. The number of fused-ring (bicyclic) bond motifs is 1. The number of aromatic nitrogens is 3. The zero-order chi connectivity index (χ0) is 20.1. The minimum Gasteiger partial charge on any atom is -0.495 e. The fourth-order valence-electron chi connectivity index (χ4n) is 2.96. The van der Waals surface area contributed by atoms with Crippen LogP contribution in [0, 0.1) is 0 Å². The van der Waals surface area contributed by atoms with Gasteiger partial charge in [-0.3, -0.25) is 9.20 Å². The highest BCUT2D eigenvalue weighted by molar-refractivity contribution is 5.94. The van der Waals surface area contributed by atoms with Crippen LogP contribution in [-0.2, 0) is 16.1 Å². The van der Waals surface area contributed by atoms with Crippen molar-refractivity contribution in [1.29, 1.82) is 0 Å². The van der Waals surface area contributed by atoms with Gasteiger partial charge in [0.2, 0.25) is 11.7 Å². The number of hydrogen-bond donors (Lipinski definition) is 1. The Bertz CT molecular complexity index is 1090. The lowest BCUT2D eigenvalue weighted by atomic mass is 10.1. The number of nitrogens with one attached hydrogen (secondary N) is 1. The third-order valence-electron chi connectivity index (χ3n) is 4.35. The molecule has 0 radical (unpaired) electrons. The Kier molecular flexibility index (Phi) is 5.49. The van der Waals surface area contributed by atoms with E-state index in [1.54, 1.807) is 19.4 Å². The molecule has 7 nitrogen and oxygen atoms in total. The van der Waals surface area contributed by atoms with Crippen LogP contribution in [0.15, 0.2) is 73.2 Å². The van der Waals surface area contributed by atoms with Gasteiger partial charge in [-0.15, -0.1) is 0 Å². The van der Waals surface area contributed by atoms with Crippen LogP contribution in [0.25, 0.3) is 17.0 Å². The summed E-state index contributed by atoms with van der Waals surface area (Å²) in [5.41, 5.74) is 3.17. The number of carbonyl (C=O) groups excluding carboxylic acids is 1. The van der Waals surface area contributed by atoms with E-state index in [2.05, 4.69) is 15.3 Å². The third kappa shape index (κ3) is 4.41. The second-order valence-electron chi connectivity index (χ2n) is 6.39. The van der Waals surface area contributed by atoms with E-state index in [0.717, 1.165) is 16.8 Å². The molecule has 0 aliphatic carbocycles. The first-order chi connectivity index (χ1) is 14.2.